The molecule has 0 atom stereocenters. The van der Waals surface area contributed by atoms with Gasteiger partial charge >= 0.3 is 0 Å². The zero-order valence-electron chi connectivity index (χ0n) is 15.3. The standard InChI is InChI=1S/C21H27N3O2/c1-26-20-9-7-16(8-10-20)11-12-23-19-13-17(14-22-15-19)21(25)24-18-5-3-2-4-6-18/h7-10,13-15,18,23H,2-6,11-12H2,1H3,(H,24,25). The quantitative estimate of drug-likeness (QED) is 0.794. The van der Waals surface area contributed by atoms with Gasteiger partial charge in [0.1, 0.15) is 5.75 Å². The van der Waals surface area contributed by atoms with E-state index in [1.165, 1.54) is 24.8 Å². The molecule has 2 N–H and O–H groups in total. The second-order valence-corrected chi connectivity index (χ2v) is 6.80. The van der Waals surface area contributed by atoms with Gasteiger partial charge in [-0.05, 0) is 43.0 Å². The number of anilines is 1. The van der Waals surface area contributed by atoms with Crippen molar-refractivity contribution < 1.29 is 9.53 Å². The van der Waals surface area contributed by atoms with E-state index in [2.05, 4.69) is 27.8 Å². The first-order valence-corrected chi connectivity index (χ1v) is 9.37. The molecule has 0 aliphatic heterocycles. The average molecular weight is 353 g/mol. The molecule has 26 heavy (non-hydrogen) atoms. The number of rotatable bonds is 7. The Bertz CT molecular complexity index is 709. The summed E-state index contributed by atoms with van der Waals surface area (Å²) in [6, 6.07) is 10.2. The SMILES string of the molecule is COc1ccc(CCNc2cncc(C(=O)NC3CCCCC3)c2)cc1. The Morgan fingerprint density at radius 1 is 1.15 bits per heavy atom. The summed E-state index contributed by atoms with van der Waals surface area (Å²) in [4.78, 5) is 16.6. The highest BCUT2D eigenvalue weighted by molar-refractivity contribution is 5.94. The highest BCUT2D eigenvalue weighted by atomic mass is 16.5. The number of aromatic nitrogens is 1. The van der Waals surface area contributed by atoms with Gasteiger partial charge in [-0.1, -0.05) is 31.4 Å². The Hall–Kier alpha value is -2.56. The topological polar surface area (TPSA) is 63.2 Å². The molecule has 0 spiro atoms. The molecule has 1 aliphatic rings. The molecule has 1 amide bonds. The summed E-state index contributed by atoms with van der Waals surface area (Å²) in [7, 11) is 1.67. The van der Waals surface area contributed by atoms with Crippen LogP contribution in [-0.2, 0) is 6.42 Å². The normalized spacial score (nSPS) is 14.7. The Balaban J connectivity index is 1.50. The van der Waals surface area contributed by atoms with Crippen LogP contribution in [0.25, 0.3) is 0 Å². The number of nitrogens with zero attached hydrogens (tertiary/aromatic N) is 1. The van der Waals surface area contributed by atoms with Crippen molar-refractivity contribution >= 4 is 11.6 Å². The number of methoxy groups -OCH3 is 1. The number of amides is 1. The van der Waals surface area contributed by atoms with Crippen LogP contribution >= 0.6 is 0 Å². The zero-order valence-corrected chi connectivity index (χ0v) is 15.3. The lowest BCUT2D eigenvalue weighted by molar-refractivity contribution is 0.0927. The Labute approximate surface area is 155 Å². The highest BCUT2D eigenvalue weighted by Crippen LogP contribution is 2.18. The maximum absolute atomic E-state index is 12.4. The first-order valence-electron chi connectivity index (χ1n) is 9.37. The van der Waals surface area contributed by atoms with E-state index in [1.807, 2.05) is 18.2 Å². The van der Waals surface area contributed by atoms with Crippen molar-refractivity contribution in [2.45, 2.75) is 44.6 Å². The summed E-state index contributed by atoms with van der Waals surface area (Å²) >= 11 is 0. The van der Waals surface area contributed by atoms with Crippen LogP contribution in [0.3, 0.4) is 0 Å². The predicted octanol–water partition coefficient (Wildman–Crippen LogP) is 3.81. The van der Waals surface area contributed by atoms with Gasteiger partial charge in [-0.15, -0.1) is 0 Å². The van der Waals surface area contributed by atoms with E-state index in [0.29, 0.717) is 11.6 Å². The molecule has 1 fully saturated rings. The highest BCUT2D eigenvalue weighted by Gasteiger charge is 2.16. The summed E-state index contributed by atoms with van der Waals surface area (Å²) in [5.74, 6) is 0.839. The van der Waals surface area contributed by atoms with Gasteiger partial charge in [-0.3, -0.25) is 9.78 Å². The van der Waals surface area contributed by atoms with Gasteiger partial charge < -0.3 is 15.4 Å². The minimum Gasteiger partial charge on any atom is -0.497 e. The molecule has 1 aromatic heterocycles. The number of benzene rings is 1. The molecule has 3 rings (SSSR count). The number of hydrogen-bond acceptors (Lipinski definition) is 4. The van der Waals surface area contributed by atoms with E-state index < -0.39 is 0 Å². The smallest absolute Gasteiger partial charge is 0.253 e. The summed E-state index contributed by atoms with van der Waals surface area (Å²) in [6.07, 6.45) is 10.1. The van der Waals surface area contributed by atoms with Crippen LogP contribution in [0.15, 0.2) is 42.7 Å². The van der Waals surface area contributed by atoms with Crippen molar-refractivity contribution in [3.63, 3.8) is 0 Å². The number of ether oxygens (including phenoxy) is 1. The number of hydrogen-bond donors (Lipinski definition) is 2. The third-order valence-corrected chi connectivity index (χ3v) is 4.84. The molecule has 5 heteroatoms. The van der Waals surface area contributed by atoms with Crippen molar-refractivity contribution in [2.75, 3.05) is 19.0 Å². The second-order valence-electron chi connectivity index (χ2n) is 6.80. The number of pyridine rings is 1. The van der Waals surface area contributed by atoms with Crippen LogP contribution in [0.2, 0.25) is 0 Å². The van der Waals surface area contributed by atoms with Crippen LogP contribution in [0.1, 0.15) is 48.0 Å². The summed E-state index contributed by atoms with van der Waals surface area (Å²) in [6.45, 7) is 0.779. The van der Waals surface area contributed by atoms with Gasteiger partial charge in [0, 0.05) is 25.0 Å². The average Bonchev–Trinajstić information content (AvgIpc) is 2.69. The third-order valence-electron chi connectivity index (χ3n) is 4.84. The molecule has 2 aromatic rings. The van der Waals surface area contributed by atoms with Crippen LogP contribution in [0.5, 0.6) is 5.75 Å². The molecule has 1 heterocycles. The second kappa shape index (κ2) is 9.22. The van der Waals surface area contributed by atoms with E-state index in [1.54, 1.807) is 19.5 Å². The van der Waals surface area contributed by atoms with E-state index >= 15 is 0 Å². The van der Waals surface area contributed by atoms with Crippen LogP contribution < -0.4 is 15.4 Å². The van der Waals surface area contributed by atoms with Crippen molar-refractivity contribution in [3.8, 4) is 5.75 Å². The Kier molecular flexibility index (Phi) is 6.47. The number of nitrogens with one attached hydrogen (secondary N) is 2. The van der Waals surface area contributed by atoms with Gasteiger partial charge in [0.2, 0.25) is 0 Å². The fourth-order valence-electron chi connectivity index (χ4n) is 3.32. The summed E-state index contributed by atoms with van der Waals surface area (Å²) in [5.41, 5.74) is 2.72. The maximum atomic E-state index is 12.4. The van der Waals surface area contributed by atoms with E-state index in [-0.39, 0.29) is 5.91 Å². The zero-order chi connectivity index (χ0) is 18.2. The lowest BCUT2D eigenvalue weighted by Gasteiger charge is -2.22. The summed E-state index contributed by atoms with van der Waals surface area (Å²) < 4.78 is 5.17. The fraction of sp³-hybridized carbons (Fsp3) is 0.429. The molecule has 1 aliphatic carbocycles. The molecule has 0 bridgehead atoms. The maximum Gasteiger partial charge on any atom is 0.253 e. The van der Waals surface area contributed by atoms with Gasteiger partial charge in [0.25, 0.3) is 5.91 Å². The molecule has 0 saturated heterocycles. The van der Waals surface area contributed by atoms with Crippen molar-refractivity contribution in [3.05, 3.63) is 53.9 Å². The third kappa shape index (κ3) is 5.22. The molecule has 0 radical (unpaired) electrons. The first-order chi connectivity index (χ1) is 12.7. The summed E-state index contributed by atoms with van der Waals surface area (Å²) in [5, 5.41) is 6.48. The van der Waals surface area contributed by atoms with E-state index in [0.717, 1.165) is 37.2 Å². The Morgan fingerprint density at radius 2 is 1.92 bits per heavy atom. The van der Waals surface area contributed by atoms with Crippen molar-refractivity contribution in [1.82, 2.24) is 10.3 Å². The largest absolute Gasteiger partial charge is 0.497 e. The van der Waals surface area contributed by atoms with Crippen molar-refractivity contribution in [1.29, 1.82) is 0 Å². The lowest BCUT2D eigenvalue weighted by Crippen LogP contribution is -2.36. The van der Waals surface area contributed by atoms with Gasteiger partial charge in [0.05, 0.1) is 18.4 Å². The molecular weight excluding hydrogens is 326 g/mol. The minimum absolute atomic E-state index is 0.0248. The molecular formula is C21H27N3O2. The molecule has 138 valence electrons. The monoisotopic (exact) mass is 353 g/mol. The van der Waals surface area contributed by atoms with Crippen LogP contribution in [-0.4, -0.2) is 30.6 Å². The van der Waals surface area contributed by atoms with Gasteiger partial charge in [0.15, 0.2) is 0 Å². The van der Waals surface area contributed by atoms with Crippen molar-refractivity contribution in [2.24, 2.45) is 0 Å². The lowest BCUT2D eigenvalue weighted by atomic mass is 9.95. The van der Waals surface area contributed by atoms with Gasteiger partial charge in [-0.25, -0.2) is 0 Å². The molecule has 1 aromatic carbocycles. The number of carbonyl (C=O) groups excluding carboxylic acids is 1. The van der Waals surface area contributed by atoms with E-state index in [9.17, 15) is 4.79 Å². The Morgan fingerprint density at radius 3 is 2.65 bits per heavy atom. The van der Waals surface area contributed by atoms with Crippen LogP contribution in [0, 0.1) is 0 Å². The minimum atomic E-state index is -0.0248. The molecule has 0 unspecified atom stereocenters. The first kappa shape index (κ1) is 18.2. The van der Waals surface area contributed by atoms with Crippen LogP contribution in [0.4, 0.5) is 5.69 Å². The van der Waals surface area contributed by atoms with Gasteiger partial charge in [-0.2, -0.15) is 0 Å². The predicted molar refractivity (Wildman–Crippen MR) is 104 cm³/mol. The fourth-order valence-corrected chi connectivity index (χ4v) is 3.32. The van der Waals surface area contributed by atoms with E-state index in [4.69, 9.17) is 4.74 Å². The molecule has 5 nitrogen and oxygen atoms in total. The number of carbonyl (C=O) groups is 1. The molecule has 1 saturated carbocycles.